The highest BCUT2D eigenvalue weighted by Gasteiger charge is 2.24. The van der Waals surface area contributed by atoms with Gasteiger partial charge in [0.05, 0.1) is 15.9 Å². The first-order chi connectivity index (χ1) is 13.5. The molecule has 5 nitrogen and oxygen atoms in total. The zero-order valence-electron chi connectivity index (χ0n) is 15.7. The van der Waals surface area contributed by atoms with E-state index in [1.165, 1.54) is 15.7 Å². The summed E-state index contributed by atoms with van der Waals surface area (Å²) in [6.45, 7) is 0.837. The summed E-state index contributed by atoms with van der Waals surface area (Å²) in [7, 11) is 0.215. The van der Waals surface area contributed by atoms with Crippen LogP contribution in [0.25, 0.3) is 21.8 Å². The molecule has 0 fully saturated rings. The fourth-order valence-electron chi connectivity index (χ4n) is 3.06. The van der Waals surface area contributed by atoms with Gasteiger partial charge in [-0.1, -0.05) is 54.2 Å². The molecule has 1 aromatic heterocycles. The lowest BCUT2D eigenvalue weighted by atomic mass is 10.1. The third-order valence-electron chi connectivity index (χ3n) is 4.52. The number of benzene rings is 3. The van der Waals surface area contributed by atoms with E-state index in [-0.39, 0.29) is 4.90 Å². The molecule has 0 N–H and O–H groups in total. The van der Waals surface area contributed by atoms with E-state index in [4.69, 9.17) is 0 Å². The molecule has 0 bridgehead atoms. The number of para-hydroxylation sites is 2. The van der Waals surface area contributed by atoms with Crippen molar-refractivity contribution < 1.29 is 8.42 Å². The minimum absolute atomic E-state index is 0.267. The highest BCUT2D eigenvalue weighted by molar-refractivity contribution is 8.00. The normalized spacial score (nSPS) is 12.2. The number of aromatic nitrogens is 2. The van der Waals surface area contributed by atoms with Gasteiger partial charge in [0.15, 0.2) is 5.16 Å². The van der Waals surface area contributed by atoms with Crippen LogP contribution in [0.4, 0.5) is 0 Å². The first-order valence-electron chi connectivity index (χ1n) is 8.96. The molecule has 0 atom stereocenters. The number of imidazole rings is 1. The average Bonchev–Trinajstić information content (AvgIpc) is 3.06. The summed E-state index contributed by atoms with van der Waals surface area (Å²) >= 11 is 1.46. The maximum Gasteiger partial charge on any atom is 0.270 e. The summed E-state index contributed by atoms with van der Waals surface area (Å²) in [5.41, 5.74) is 1.28. The van der Waals surface area contributed by atoms with Crippen molar-refractivity contribution in [2.75, 3.05) is 26.4 Å². The Bertz CT molecular complexity index is 1250. The fraction of sp³-hybridized carbons (Fsp3) is 0.190. The Labute approximate surface area is 169 Å². The summed E-state index contributed by atoms with van der Waals surface area (Å²) in [5, 5.41) is 2.41. The van der Waals surface area contributed by atoms with E-state index in [0.29, 0.717) is 16.2 Å². The van der Waals surface area contributed by atoms with Gasteiger partial charge in [-0.05, 0) is 49.1 Å². The summed E-state index contributed by atoms with van der Waals surface area (Å²) < 4.78 is 28.5. The van der Waals surface area contributed by atoms with Gasteiger partial charge in [-0.25, -0.2) is 17.4 Å². The Balaban J connectivity index is 1.85. The molecule has 0 spiro atoms. The van der Waals surface area contributed by atoms with Crippen LogP contribution < -0.4 is 0 Å². The Morgan fingerprint density at radius 2 is 1.68 bits per heavy atom. The van der Waals surface area contributed by atoms with Gasteiger partial charge in [0.25, 0.3) is 10.0 Å². The maximum atomic E-state index is 13.6. The van der Waals surface area contributed by atoms with Gasteiger partial charge in [-0.3, -0.25) is 0 Å². The van der Waals surface area contributed by atoms with E-state index >= 15 is 0 Å². The zero-order chi connectivity index (χ0) is 19.7. The van der Waals surface area contributed by atoms with Gasteiger partial charge in [-0.15, -0.1) is 0 Å². The molecule has 4 rings (SSSR count). The lowest BCUT2D eigenvalue weighted by Gasteiger charge is -2.12. The van der Waals surface area contributed by atoms with Crippen LogP contribution in [-0.2, 0) is 10.0 Å². The van der Waals surface area contributed by atoms with Crippen LogP contribution in [0.2, 0.25) is 0 Å². The van der Waals surface area contributed by atoms with Crippen molar-refractivity contribution in [3.63, 3.8) is 0 Å². The first-order valence-corrected chi connectivity index (χ1v) is 11.4. The standard InChI is InChI=1S/C21H21N3O2S2/c1-23(2)13-14-27-21-22-19-9-5-6-10-20(19)24(21)28(25,26)18-12-11-16-7-3-4-8-17(16)15-18/h3-12,15H,13-14H2,1-2H3. The topological polar surface area (TPSA) is 55.2 Å². The van der Waals surface area contributed by atoms with Crippen LogP contribution in [-0.4, -0.2) is 48.7 Å². The fourth-order valence-corrected chi connectivity index (χ4v) is 5.91. The molecule has 3 aromatic carbocycles. The first kappa shape index (κ1) is 19.0. The third-order valence-corrected chi connectivity index (χ3v) is 7.25. The number of hydrogen-bond donors (Lipinski definition) is 0. The van der Waals surface area contributed by atoms with Gasteiger partial charge < -0.3 is 4.90 Å². The van der Waals surface area contributed by atoms with E-state index in [9.17, 15) is 8.42 Å². The largest absolute Gasteiger partial charge is 0.309 e. The molecule has 4 aromatic rings. The van der Waals surface area contributed by atoms with Crippen LogP contribution in [0.5, 0.6) is 0 Å². The maximum absolute atomic E-state index is 13.6. The van der Waals surface area contributed by atoms with Gasteiger partial charge >= 0.3 is 0 Å². The molecule has 0 saturated carbocycles. The van der Waals surface area contributed by atoms with E-state index < -0.39 is 10.0 Å². The molecule has 0 aliphatic carbocycles. The molecule has 1 heterocycles. The summed E-state index contributed by atoms with van der Waals surface area (Å²) in [6.07, 6.45) is 0. The SMILES string of the molecule is CN(C)CCSc1nc2ccccc2n1S(=O)(=O)c1ccc2ccccc2c1. The predicted octanol–water partition coefficient (Wildman–Crippen LogP) is 4.08. The second-order valence-electron chi connectivity index (χ2n) is 6.81. The quantitative estimate of drug-likeness (QED) is 0.448. The average molecular weight is 412 g/mol. The molecular formula is C21H21N3O2S2. The van der Waals surface area contributed by atoms with Crippen LogP contribution in [0.1, 0.15) is 0 Å². The van der Waals surface area contributed by atoms with Crippen LogP contribution in [0.15, 0.2) is 76.8 Å². The zero-order valence-corrected chi connectivity index (χ0v) is 17.4. The van der Waals surface area contributed by atoms with Crippen molar-refractivity contribution in [2.45, 2.75) is 10.1 Å². The molecular weight excluding hydrogens is 390 g/mol. The molecule has 0 aliphatic rings. The van der Waals surface area contributed by atoms with Crippen LogP contribution in [0, 0.1) is 0 Å². The number of thioether (sulfide) groups is 1. The highest BCUT2D eigenvalue weighted by Crippen LogP contribution is 2.30. The number of hydrogen-bond acceptors (Lipinski definition) is 5. The van der Waals surface area contributed by atoms with E-state index in [1.807, 2.05) is 62.6 Å². The van der Waals surface area contributed by atoms with Crippen molar-refractivity contribution in [3.05, 3.63) is 66.7 Å². The number of rotatable bonds is 6. The minimum Gasteiger partial charge on any atom is -0.309 e. The third kappa shape index (κ3) is 3.53. The summed E-state index contributed by atoms with van der Waals surface area (Å²) in [6, 6.07) is 20.4. The number of fused-ring (bicyclic) bond motifs is 2. The second kappa shape index (κ2) is 7.58. The Hall–Kier alpha value is -2.35. The van der Waals surface area contributed by atoms with E-state index in [0.717, 1.165) is 23.1 Å². The molecule has 28 heavy (non-hydrogen) atoms. The van der Waals surface area contributed by atoms with Crippen molar-refractivity contribution in [1.29, 1.82) is 0 Å². The van der Waals surface area contributed by atoms with Crippen molar-refractivity contribution >= 4 is 43.6 Å². The summed E-state index contributed by atoms with van der Waals surface area (Å²) in [5.74, 6) is 0.754. The smallest absolute Gasteiger partial charge is 0.270 e. The van der Waals surface area contributed by atoms with Crippen LogP contribution in [0.3, 0.4) is 0 Å². The Kier molecular flexibility index (Phi) is 5.14. The van der Waals surface area contributed by atoms with Crippen molar-refractivity contribution in [2.24, 2.45) is 0 Å². The van der Waals surface area contributed by atoms with Gasteiger partial charge in [0.1, 0.15) is 0 Å². The second-order valence-corrected chi connectivity index (χ2v) is 9.66. The van der Waals surface area contributed by atoms with Gasteiger partial charge in [0.2, 0.25) is 0 Å². The monoisotopic (exact) mass is 411 g/mol. The van der Waals surface area contributed by atoms with Crippen molar-refractivity contribution in [3.8, 4) is 0 Å². The van der Waals surface area contributed by atoms with E-state index in [1.54, 1.807) is 18.2 Å². The Morgan fingerprint density at radius 3 is 2.46 bits per heavy atom. The van der Waals surface area contributed by atoms with Crippen LogP contribution >= 0.6 is 11.8 Å². The summed E-state index contributed by atoms with van der Waals surface area (Å²) in [4.78, 5) is 6.93. The Morgan fingerprint density at radius 1 is 0.964 bits per heavy atom. The molecule has 0 aliphatic heterocycles. The molecule has 0 amide bonds. The molecule has 0 saturated heterocycles. The highest BCUT2D eigenvalue weighted by atomic mass is 32.2. The lowest BCUT2D eigenvalue weighted by Crippen LogP contribution is -2.17. The molecule has 0 unspecified atom stereocenters. The number of nitrogens with zero attached hydrogens (tertiary/aromatic N) is 3. The lowest BCUT2D eigenvalue weighted by molar-refractivity contribution is 0.437. The van der Waals surface area contributed by atoms with Crippen molar-refractivity contribution in [1.82, 2.24) is 13.9 Å². The van der Waals surface area contributed by atoms with Gasteiger partial charge in [-0.2, -0.15) is 0 Å². The predicted molar refractivity (Wildman–Crippen MR) is 116 cm³/mol. The molecule has 7 heteroatoms. The molecule has 144 valence electrons. The van der Waals surface area contributed by atoms with E-state index in [2.05, 4.69) is 9.88 Å². The molecule has 0 radical (unpaired) electrons. The minimum atomic E-state index is -3.78. The van der Waals surface area contributed by atoms with Gasteiger partial charge in [0, 0.05) is 12.3 Å².